The molecule has 2 N–H and O–H groups in total. The number of nitrogens with zero attached hydrogens (tertiary/aromatic N) is 1. The highest BCUT2D eigenvalue weighted by Gasteiger charge is 2.43. The highest BCUT2D eigenvalue weighted by molar-refractivity contribution is 5.76. The number of para-hydroxylation sites is 1. The highest BCUT2D eigenvalue weighted by atomic mass is 16.5. The van der Waals surface area contributed by atoms with Crippen LogP contribution in [0.2, 0.25) is 0 Å². The molecule has 5 atom stereocenters. The lowest BCUT2D eigenvalue weighted by atomic mass is 9.88. The van der Waals surface area contributed by atoms with Crippen molar-refractivity contribution >= 4 is 5.91 Å². The molecule has 1 aromatic carbocycles. The van der Waals surface area contributed by atoms with Crippen LogP contribution in [0.1, 0.15) is 38.5 Å². The summed E-state index contributed by atoms with van der Waals surface area (Å²) in [7, 11) is 0. The summed E-state index contributed by atoms with van der Waals surface area (Å²) in [6.45, 7) is 2.94. The standard InChI is InChI=1S/C27H37NO5/c29-22(19-33-23-7-2-1-3-8-23)10-11-24-25-17-20(16-21(25)18-26(24)30)6-4-5-9-27(31)28-12-14-32-15-13-28/h1-3,7-8,10-11,16,21-22,24-26,29-30H,4-6,9,12-15,17-19H2/b11-10+/t21-,22+,24+,25-,26+/m0/s1. The summed E-state index contributed by atoms with van der Waals surface area (Å²) in [5.41, 5.74) is 1.46. The molecule has 33 heavy (non-hydrogen) atoms. The molecule has 4 rings (SSSR count). The van der Waals surface area contributed by atoms with Crippen molar-refractivity contribution in [2.24, 2.45) is 17.8 Å². The monoisotopic (exact) mass is 455 g/mol. The summed E-state index contributed by atoms with van der Waals surface area (Å²) in [4.78, 5) is 14.2. The Bertz CT molecular complexity index is 817. The molecule has 1 saturated carbocycles. The predicted octanol–water partition coefficient (Wildman–Crippen LogP) is 3.35. The smallest absolute Gasteiger partial charge is 0.222 e. The fourth-order valence-electron chi connectivity index (χ4n) is 5.40. The Morgan fingerprint density at radius 2 is 2.00 bits per heavy atom. The number of hydrogen-bond donors (Lipinski definition) is 2. The maximum atomic E-state index is 12.3. The Labute approximate surface area is 196 Å². The molecular weight excluding hydrogens is 418 g/mol. The Balaban J connectivity index is 1.18. The van der Waals surface area contributed by atoms with Crippen LogP contribution >= 0.6 is 0 Å². The number of hydrogen-bond acceptors (Lipinski definition) is 5. The van der Waals surface area contributed by atoms with Gasteiger partial charge in [-0.3, -0.25) is 4.79 Å². The zero-order valence-corrected chi connectivity index (χ0v) is 19.4. The largest absolute Gasteiger partial charge is 0.491 e. The van der Waals surface area contributed by atoms with Gasteiger partial charge in [0.1, 0.15) is 18.5 Å². The van der Waals surface area contributed by atoms with Crippen molar-refractivity contribution < 1.29 is 24.5 Å². The first-order chi connectivity index (χ1) is 16.1. The van der Waals surface area contributed by atoms with Crippen molar-refractivity contribution in [3.05, 3.63) is 54.1 Å². The van der Waals surface area contributed by atoms with Gasteiger partial charge in [-0.2, -0.15) is 0 Å². The molecule has 0 aromatic heterocycles. The summed E-state index contributed by atoms with van der Waals surface area (Å²) in [5.74, 6) is 1.87. The number of carbonyl (C=O) groups is 1. The minimum atomic E-state index is -0.700. The van der Waals surface area contributed by atoms with Crippen LogP contribution in [0.15, 0.2) is 54.1 Å². The third-order valence-electron chi connectivity index (χ3n) is 7.17. The second-order valence-electron chi connectivity index (χ2n) is 9.51. The van der Waals surface area contributed by atoms with Crippen LogP contribution < -0.4 is 4.74 Å². The fourth-order valence-corrected chi connectivity index (χ4v) is 5.40. The van der Waals surface area contributed by atoms with E-state index in [1.165, 1.54) is 5.57 Å². The Hall–Kier alpha value is -2.15. The van der Waals surface area contributed by atoms with E-state index in [9.17, 15) is 15.0 Å². The molecule has 6 nitrogen and oxygen atoms in total. The van der Waals surface area contributed by atoms with Crippen molar-refractivity contribution in [1.29, 1.82) is 0 Å². The van der Waals surface area contributed by atoms with Crippen LogP contribution in [0, 0.1) is 17.8 Å². The number of aliphatic hydroxyl groups is 2. The van der Waals surface area contributed by atoms with Crippen molar-refractivity contribution in [2.75, 3.05) is 32.9 Å². The normalized spacial score (nSPS) is 28.1. The first-order valence-corrected chi connectivity index (χ1v) is 12.4. The SMILES string of the molecule is O=C(CCCCC1=C[C@H]2C[C@@H](O)[C@H](/C=C/[C@@H](O)COc3ccccc3)[C@H]2C1)N1CCOCC1. The molecule has 0 unspecified atom stereocenters. The summed E-state index contributed by atoms with van der Waals surface area (Å²) in [6.07, 6.45) is 10.5. The van der Waals surface area contributed by atoms with Gasteiger partial charge < -0.3 is 24.6 Å². The average molecular weight is 456 g/mol. The van der Waals surface area contributed by atoms with E-state index in [2.05, 4.69) is 6.08 Å². The summed E-state index contributed by atoms with van der Waals surface area (Å²) < 4.78 is 10.9. The van der Waals surface area contributed by atoms with Gasteiger partial charge in [-0.25, -0.2) is 0 Å². The summed E-state index contributed by atoms with van der Waals surface area (Å²) in [5, 5.41) is 20.8. The molecule has 1 heterocycles. The number of unbranched alkanes of at least 4 members (excludes halogenated alkanes) is 1. The van der Waals surface area contributed by atoms with Crippen LogP contribution in [0.3, 0.4) is 0 Å². The van der Waals surface area contributed by atoms with Gasteiger partial charge in [0, 0.05) is 25.4 Å². The first kappa shape index (κ1) is 24.0. The first-order valence-electron chi connectivity index (χ1n) is 12.4. The van der Waals surface area contributed by atoms with Gasteiger partial charge in [0.15, 0.2) is 0 Å². The number of aliphatic hydroxyl groups excluding tert-OH is 2. The molecular formula is C27H37NO5. The lowest BCUT2D eigenvalue weighted by Gasteiger charge is -2.26. The number of amides is 1. The number of fused-ring (bicyclic) bond motifs is 1. The number of allylic oxidation sites excluding steroid dienone is 2. The van der Waals surface area contributed by atoms with Crippen molar-refractivity contribution in [3.63, 3.8) is 0 Å². The molecule has 1 aliphatic heterocycles. The number of rotatable bonds is 10. The van der Waals surface area contributed by atoms with Crippen LogP contribution in [0.4, 0.5) is 0 Å². The van der Waals surface area contributed by atoms with Crippen molar-refractivity contribution in [2.45, 2.75) is 50.7 Å². The molecule has 3 aliphatic rings. The van der Waals surface area contributed by atoms with Gasteiger partial charge in [-0.05, 0) is 56.1 Å². The molecule has 1 amide bonds. The van der Waals surface area contributed by atoms with E-state index in [-0.39, 0.29) is 24.5 Å². The zero-order valence-electron chi connectivity index (χ0n) is 19.4. The third-order valence-corrected chi connectivity index (χ3v) is 7.17. The molecule has 0 radical (unpaired) electrons. The number of carbonyl (C=O) groups excluding carboxylic acids is 1. The topological polar surface area (TPSA) is 79.2 Å². The van der Waals surface area contributed by atoms with Gasteiger partial charge >= 0.3 is 0 Å². The maximum Gasteiger partial charge on any atom is 0.222 e. The average Bonchev–Trinajstić information content (AvgIpc) is 3.36. The molecule has 1 saturated heterocycles. The number of ether oxygens (including phenoxy) is 2. The zero-order chi connectivity index (χ0) is 23.0. The molecule has 2 fully saturated rings. The van der Waals surface area contributed by atoms with E-state index in [1.54, 1.807) is 6.08 Å². The van der Waals surface area contributed by atoms with Crippen LogP contribution in [0.5, 0.6) is 5.75 Å². The Morgan fingerprint density at radius 1 is 1.21 bits per heavy atom. The molecule has 1 aromatic rings. The maximum absolute atomic E-state index is 12.3. The van der Waals surface area contributed by atoms with E-state index >= 15 is 0 Å². The van der Waals surface area contributed by atoms with Gasteiger partial charge in [0.2, 0.25) is 5.91 Å². The molecule has 2 aliphatic carbocycles. The second-order valence-corrected chi connectivity index (χ2v) is 9.51. The van der Waals surface area contributed by atoms with Gasteiger partial charge in [0.25, 0.3) is 0 Å². The van der Waals surface area contributed by atoms with Crippen molar-refractivity contribution in [1.82, 2.24) is 4.90 Å². The molecule has 6 heteroatoms. The Morgan fingerprint density at radius 3 is 2.79 bits per heavy atom. The number of morpholine rings is 1. The van der Waals surface area contributed by atoms with E-state index in [1.807, 2.05) is 41.3 Å². The van der Waals surface area contributed by atoms with Gasteiger partial charge in [0.05, 0.1) is 19.3 Å². The van der Waals surface area contributed by atoms with E-state index in [0.29, 0.717) is 31.5 Å². The van der Waals surface area contributed by atoms with E-state index in [4.69, 9.17) is 9.47 Å². The van der Waals surface area contributed by atoms with Crippen LogP contribution in [-0.2, 0) is 9.53 Å². The lowest BCUT2D eigenvalue weighted by Crippen LogP contribution is -2.40. The van der Waals surface area contributed by atoms with Crippen LogP contribution in [-0.4, -0.2) is 66.1 Å². The predicted molar refractivity (Wildman–Crippen MR) is 127 cm³/mol. The minimum absolute atomic E-state index is 0.0676. The summed E-state index contributed by atoms with van der Waals surface area (Å²) >= 11 is 0. The number of benzene rings is 1. The lowest BCUT2D eigenvalue weighted by molar-refractivity contribution is -0.135. The summed E-state index contributed by atoms with van der Waals surface area (Å²) in [6, 6.07) is 9.46. The minimum Gasteiger partial charge on any atom is -0.491 e. The van der Waals surface area contributed by atoms with E-state index in [0.717, 1.165) is 50.9 Å². The van der Waals surface area contributed by atoms with Crippen LogP contribution in [0.25, 0.3) is 0 Å². The van der Waals surface area contributed by atoms with E-state index < -0.39 is 6.10 Å². The van der Waals surface area contributed by atoms with Gasteiger partial charge in [-0.1, -0.05) is 42.0 Å². The molecule has 0 spiro atoms. The van der Waals surface area contributed by atoms with Crippen molar-refractivity contribution in [3.8, 4) is 5.75 Å². The Kier molecular flexibility index (Phi) is 8.59. The third kappa shape index (κ3) is 6.69. The van der Waals surface area contributed by atoms with Gasteiger partial charge in [-0.15, -0.1) is 0 Å². The second kappa shape index (κ2) is 11.8. The fraction of sp³-hybridized carbons (Fsp3) is 0.593. The quantitative estimate of drug-likeness (QED) is 0.418. The molecule has 180 valence electrons. The highest BCUT2D eigenvalue weighted by Crippen LogP contribution is 2.48. The molecule has 0 bridgehead atoms.